The van der Waals surface area contributed by atoms with Gasteiger partial charge in [0, 0.05) is 13.2 Å². The number of benzene rings is 1. The smallest absolute Gasteiger partial charge is 0.124 e. The molecule has 1 N–H and O–H groups in total. The lowest BCUT2D eigenvalue weighted by molar-refractivity contribution is 0.0374. The molecule has 0 fully saturated rings. The highest BCUT2D eigenvalue weighted by molar-refractivity contribution is 5.33. The minimum absolute atomic E-state index is 0.0180. The van der Waals surface area contributed by atoms with Crippen molar-refractivity contribution >= 4 is 0 Å². The Labute approximate surface area is 214 Å². The van der Waals surface area contributed by atoms with Gasteiger partial charge in [0.25, 0.3) is 0 Å². The summed E-state index contributed by atoms with van der Waals surface area (Å²) in [7, 11) is 1.88. The number of nitrogens with zero attached hydrogens (tertiary/aromatic N) is 2. The van der Waals surface area contributed by atoms with E-state index in [4.69, 9.17) is 10.00 Å². The molecule has 0 aliphatic carbocycles. The third-order valence-electron chi connectivity index (χ3n) is 6.81. The molecule has 0 aliphatic rings. The van der Waals surface area contributed by atoms with Crippen molar-refractivity contribution in [3.05, 3.63) is 35.1 Å². The van der Waals surface area contributed by atoms with Gasteiger partial charge in [-0.1, -0.05) is 103 Å². The van der Waals surface area contributed by atoms with Crippen LogP contribution >= 0.6 is 0 Å². The molecule has 1 atom stereocenters. The standard InChI is InChI=1S/C30H51FN2O2/c1-3-4-5-6-7-8-9-10-11-12-13-14-15-16-17-18-19-35-26-30(25-34)33(2)24-28-20-27(23-32)21-29(31)22-28/h20-22,30,34H,3-19,24-26H2,1-2H3/t30-/m0/s1. The van der Waals surface area contributed by atoms with E-state index in [0.717, 1.165) is 12.0 Å². The number of hydrogen-bond donors (Lipinski definition) is 1. The average Bonchev–Trinajstić information content (AvgIpc) is 2.85. The Bertz CT molecular complexity index is 677. The Morgan fingerprint density at radius 1 is 0.857 bits per heavy atom. The fraction of sp³-hybridized carbons (Fsp3) is 0.767. The molecule has 4 nitrogen and oxygen atoms in total. The highest BCUT2D eigenvalue weighted by Gasteiger charge is 2.15. The number of hydrogen-bond acceptors (Lipinski definition) is 4. The van der Waals surface area contributed by atoms with Crippen LogP contribution in [0.1, 0.15) is 121 Å². The number of aliphatic hydroxyl groups excluding tert-OH is 1. The highest BCUT2D eigenvalue weighted by atomic mass is 19.1. The van der Waals surface area contributed by atoms with Gasteiger partial charge in [0.1, 0.15) is 5.82 Å². The van der Waals surface area contributed by atoms with Gasteiger partial charge in [0.2, 0.25) is 0 Å². The Hall–Kier alpha value is -1.48. The van der Waals surface area contributed by atoms with Crippen LogP contribution in [-0.4, -0.2) is 42.9 Å². The van der Waals surface area contributed by atoms with Crippen molar-refractivity contribution < 1.29 is 14.2 Å². The molecule has 0 saturated heterocycles. The third-order valence-corrected chi connectivity index (χ3v) is 6.81. The first-order chi connectivity index (χ1) is 17.1. The van der Waals surface area contributed by atoms with E-state index in [1.807, 2.05) is 18.0 Å². The summed E-state index contributed by atoms with van der Waals surface area (Å²) in [5, 5.41) is 18.7. The van der Waals surface area contributed by atoms with Gasteiger partial charge in [-0.05, 0) is 37.2 Å². The molecule has 200 valence electrons. The maximum Gasteiger partial charge on any atom is 0.124 e. The molecular formula is C30H51FN2O2. The first-order valence-corrected chi connectivity index (χ1v) is 14.2. The quantitative estimate of drug-likeness (QED) is 0.159. The minimum atomic E-state index is -0.409. The second-order valence-electron chi connectivity index (χ2n) is 10.1. The molecule has 5 heteroatoms. The van der Waals surface area contributed by atoms with Crippen LogP contribution in [0, 0.1) is 17.1 Å². The fourth-order valence-corrected chi connectivity index (χ4v) is 4.51. The van der Waals surface area contributed by atoms with Crippen LogP contribution in [-0.2, 0) is 11.3 Å². The van der Waals surface area contributed by atoms with E-state index in [1.165, 1.54) is 108 Å². The predicted octanol–water partition coefficient (Wildman–Crippen LogP) is 7.77. The van der Waals surface area contributed by atoms with Gasteiger partial charge in [0.15, 0.2) is 0 Å². The Morgan fingerprint density at radius 3 is 1.86 bits per heavy atom. The highest BCUT2D eigenvalue weighted by Crippen LogP contribution is 2.15. The van der Waals surface area contributed by atoms with Crippen molar-refractivity contribution in [1.82, 2.24) is 4.90 Å². The van der Waals surface area contributed by atoms with E-state index in [1.54, 1.807) is 6.07 Å². The number of nitriles is 1. The van der Waals surface area contributed by atoms with Crippen LogP contribution in [0.2, 0.25) is 0 Å². The van der Waals surface area contributed by atoms with Crippen LogP contribution in [0.3, 0.4) is 0 Å². The second kappa shape index (κ2) is 21.8. The topological polar surface area (TPSA) is 56.5 Å². The van der Waals surface area contributed by atoms with E-state index in [0.29, 0.717) is 25.3 Å². The Balaban J connectivity index is 1.96. The van der Waals surface area contributed by atoms with Crippen LogP contribution in [0.4, 0.5) is 4.39 Å². The molecule has 0 heterocycles. The fourth-order valence-electron chi connectivity index (χ4n) is 4.51. The van der Waals surface area contributed by atoms with Crippen LogP contribution < -0.4 is 0 Å². The Morgan fingerprint density at radius 2 is 1.37 bits per heavy atom. The normalized spacial score (nSPS) is 12.2. The summed E-state index contributed by atoms with van der Waals surface area (Å²) in [5.41, 5.74) is 1.04. The van der Waals surface area contributed by atoms with Crippen molar-refractivity contribution in [3.8, 4) is 6.07 Å². The molecular weight excluding hydrogens is 439 g/mol. The molecule has 0 unspecified atom stereocenters. The number of likely N-dealkylation sites (N-methyl/N-ethyl adjacent to an activating group) is 1. The maximum atomic E-state index is 13.6. The van der Waals surface area contributed by atoms with Gasteiger partial charge < -0.3 is 9.84 Å². The number of ether oxygens (including phenoxy) is 1. The van der Waals surface area contributed by atoms with E-state index >= 15 is 0 Å². The average molecular weight is 491 g/mol. The number of unbranched alkanes of at least 4 members (excludes halogenated alkanes) is 15. The summed E-state index contributed by atoms with van der Waals surface area (Å²) in [6.45, 7) is 3.88. The van der Waals surface area contributed by atoms with Gasteiger partial charge in [-0.2, -0.15) is 5.26 Å². The zero-order chi connectivity index (χ0) is 25.6. The molecule has 1 aromatic rings. The van der Waals surface area contributed by atoms with Crippen molar-refractivity contribution in [2.75, 3.05) is 26.9 Å². The molecule has 0 aliphatic heterocycles. The summed E-state index contributed by atoms with van der Waals surface area (Å²) < 4.78 is 19.4. The lowest BCUT2D eigenvalue weighted by Crippen LogP contribution is -2.38. The Kier molecular flexibility index (Phi) is 19.6. The van der Waals surface area contributed by atoms with E-state index in [9.17, 15) is 9.50 Å². The first kappa shape index (κ1) is 31.5. The van der Waals surface area contributed by atoms with Crippen molar-refractivity contribution in [1.29, 1.82) is 5.26 Å². The van der Waals surface area contributed by atoms with E-state index in [-0.39, 0.29) is 12.6 Å². The van der Waals surface area contributed by atoms with E-state index < -0.39 is 5.82 Å². The molecule has 1 rings (SSSR count). The monoisotopic (exact) mass is 490 g/mol. The molecule has 35 heavy (non-hydrogen) atoms. The van der Waals surface area contributed by atoms with Gasteiger partial charge in [-0.15, -0.1) is 0 Å². The van der Waals surface area contributed by atoms with Crippen LogP contribution in [0.25, 0.3) is 0 Å². The molecule has 0 spiro atoms. The first-order valence-electron chi connectivity index (χ1n) is 14.2. The van der Waals surface area contributed by atoms with Crippen molar-refractivity contribution in [2.45, 2.75) is 122 Å². The molecule has 0 saturated carbocycles. The van der Waals surface area contributed by atoms with Gasteiger partial charge in [0.05, 0.1) is 30.9 Å². The van der Waals surface area contributed by atoms with Gasteiger partial charge in [-0.3, -0.25) is 4.90 Å². The summed E-state index contributed by atoms with van der Waals surface area (Å²) in [6.07, 6.45) is 21.6. The van der Waals surface area contributed by atoms with E-state index in [2.05, 4.69) is 6.92 Å². The molecule has 0 amide bonds. The molecule has 0 aromatic heterocycles. The van der Waals surface area contributed by atoms with Gasteiger partial charge in [-0.25, -0.2) is 4.39 Å². The third kappa shape index (κ3) is 16.8. The second-order valence-corrected chi connectivity index (χ2v) is 10.1. The predicted molar refractivity (Wildman–Crippen MR) is 144 cm³/mol. The maximum absolute atomic E-state index is 13.6. The number of halogens is 1. The lowest BCUT2D eigenvalue weighted by Gasteiger charge is -2.26. The van der Waals surface area contributed by atoms with Crippen LogP contribution in [0.15, 0.2) is 18.2 Å². The lowest BCUT2D eigenvalue weighted by atomic mass is 10.0. The molecule has 1 aromatic carbocycles. The summed E-state index contributed by atoms with van der Waals surface area (Å²) in [6, 6.07) is 6.18. The van der Waals surface area contributed by atoms with Gasteiger partial charge >= 0.3 is 0 Å². The van der Waals surface area contributed by atoms with Crippen molar-refractivity contribution in [2.24, 2.45) is 0 Å². The number of rotatable bonds is 23. The summed E-state index contributed by atoms with van der Waals surface area (Å²) in [4.78, 5) is 1.95. The van der Waals surface area contributed by atoms with Crippen molar-refractivity contribution in [3.63, 3.8) is 0 Å². The summed E-state index contributed by atoms with van der Waals surface area (Å²) in [5.74, 6) is -0.409. The minimum Gasteiger partial charge on any atom is -0.395 e. The summed E-state index contributed by atoms with van der Waals surface area (Å²) >= 11 is 0. The van der Waals surface area contributed by atoms with Crippen LogP contribution in [0.5, 0.6) is 0 Å². The zero-order valence-corrected chi connectivity index (χ0v) is 22.6. The molecule has 0 radical (unpaired) electrons. The SMILES string of the molecule is CCCCCCCCCCCCCCCCCCOC[C@H](CO)N(C)Cc1cc(F)cc(C#N)c1. The largest absolute Gasteiger partial charge is 0.395 e. The zero-order valence-electron chi connectivity index (χ0n) is 22.6. The molecule has 0 bridgehead atoms. The number of aliphatic hydroxyl groups is 1.